The largest absolute Gasteiger partial charge is 0.391 e. The van der Waals surface area contributed by atoms with Crippen LogP contribution in [0.1, 0.15) is 6.42 Å². The molecule has 7 heteroatoms. The molecule has 1 aromatic rings. The van der Waals surface area contributed by atoms with Crippen molar-refractivity contribution in [1.82, 2.24) is 5.32 Å². The first kappa shape index (κ1) is 15.7. The van der Waals surface area contributed by atoms with Gasteiger partial charge in [0.1, 0.15) is 5.82 Å². The molecule has 0 aliphatic carbocycles. The standard InChI is InChI=1S/C12H16ClFN2O3/c1-19-7-9(17)4-5-15-12(18)16-11-3-2-8(13)6-10(11)14/h2-3,6,9,17H,4-5,7H2,1H3,(H2,15,16,18). The number of anilines is 1. The Hall–Kier alpha value is -1.37. The number of amides is 2. The molecule has 1 rings (SSSR count). The van der Waals surface area contributed by atoms with Crippen molar-refractivity contribution in [3.05, 3.63) is 29.0 Å². The summed E-state index contributed by atoms with van der Waals surface area (Å²) in [6, 6.07) is 3.41. The Bertz CT molecular complexity index is 431. The third kappa shape index (κ3) is 5.87. The zero-order valence-electron chi connectivity index (χ0n) is 10.5. The lowest BCUT2D eigenvalue weighted by molar-refractivity contribution is 0.0599. The van der Waals surface area contributed by atoms with Crippen molar-refractivity contribution in [2.45, 2.75) is 12.5 Å². The molecule has 0 spiro atoms. The van der Waals surface area contributed by atoms with Gasteiger partial charge >= 0.3 is 6.03 Å². The van der Waals surface area contributed by atoms with Gasteiger partial charge in [-0.15, -0.1) is 0 Å². The average molecular weight is 291 g/mol. The Labute approximate surface area is 115 Å². The second-order valence-electron chi connectivity index (χ2n) is 3.90. The van der Waals surface area contributed by atoms with Crippen molar-refractivity contribution in [1.29, 1.82) is 0 Å². The molecule has 0 aliphatic heterocycles. The minimum absolute atomic E-state index is 0.0411. The molecule has 0 bridgehead atoms. The smallest absolute Gasteiger partial charge is 0.319 e. The fourth-order valence-electron chi connectivity index (χ4n) is 1.39. The van der Waals surface area contributed by atoms with E-state index >= 15 is 0 Å². The number of hydrogen-bond donors (Lipinski definition) is 3. The molecule has 1 unspecified atom stereocenters. The quantitative estimate of drug-likeness (QED) is 0.750. The van der Waals surface area contributed by atoms with Gasteiger partial charge in [0.05, 0.1) is 18.4 Å². The third-order valence-electron chi connectivity index (χ3n) is 2.30. The van der Waals surface area contributed by atoms with E-state index in [4.69, 9.17) is 16.3 Å². The number of carbonyl (C=O) groups is 1. The number of aliphatic hydroxyl groups is 1. The molecule has 0 heterocycles. The molecule has 0 fully saturated rings. The van der Waals surface area contributed by atoms with Crippen LogP contribution in [0.3, 0.4) is 0 Å². The van der Waals surface area contributed by atoms with Gasteiger partial charge in [0.25, 0.3) is 0 Å². The summed E-state index contributed by atoms with van der Waals surface area (Å²) >= 11 is 5.59. The number of methoxy groups -OCH3 is 1. The van der Waals surface area contributed by atoms with Gasteiger partial charge < -0.3 is 20.5 Å². The van der Waals surface area contributed by atoms with Crippen LogP contribution in [0, 0.1) is 5.82 Å². The first-order valence-corrected chi connectivity index (χ1v) is 6.07. The molecular formula is C12H16ClFN2O3. The zero-order chi connectivity index (χ0) is 14.3. The van der Waals surface area contributed by atoms with Gasteiger partial charge in [-0.25, -0.2) is 9.18 Å². The molecular weight excluding hydrogens is 275 g/mol. The van der Waals surface area contributed by atoms with Crippen LogP contribution in [0.15, 0.2) is 18.2 Å². The molecule has 3 N–H and O–H groups in total. The summed E-state index contributed by atoms with van der Waals surface area (Å²) in [5.41, 5.74) is 0.0411. The predicted molar refractivity (Wildman–Crippen MR) is 70.9 cm³/mol. The summed E-state index contributed by atoms with van der Waals surface area (Å²) in [5, 5.41) is 14.5. The van der Waals surface area contributed by atoms with Crippen molar-refractivity contribution in [2.24, 2.45) is 0 Å². The molecule has 0 saturated carbocycles. The van der Waals surface area contributed by atoms with E-state index in [1.807, 2.05) is 0 Å². The Kier molecular flexibility index (Phi) is 6.55. The minimum Gasteiger partial charge on any atom is -0.391 e. The normalized spacial score (nSPS) is 12.0. The molecule has 19 heavy (non-hydrogen) atoms. The van der Waals surface area contributed by atoms with E-state index in [1.54, 1.807) is 0 Å². The van der Waals surface area contributed by atoms with E-state index in [9.17, 15) is 14.3 Å². The van der Waals surface area contributed by atoms with E-state index in [0.717, 1.165) is 6.07 Å². The Morgan fingerprint density at radius 1 is 1.58 bits per heavy atom. The van der Waals surface area contributed by atoms with Crippen LogP contribution in [-0.4, -0.2) is 37.5 Å². The minimum atomic E-state index is -0.641. The molecule has 5 nitrogen and oxygen atoms in total. The van der Waals surface area contributed by atoms with E-state index in [0.29, 0.717) is 6.42 Å². The van der Waals surface area contributed by atoms with Crippen LogP contribution in [0.5, 0.6) is 0 Å². The number of halogens is 2. The number of carbonyl (C=O) groups excluding carboxylic acids is 1. The second-order valence-corrected chi connectivity index (χ2v) is 4.34. The number of urea groups is 1. The highest BCUT2D eigenvalue weighted by atomic mass is 35.5. The van der Waals surface area contributed by atoms with Crippen molar-refractivity contribution < 1.29 is 19.0 Å². The fourth-order valence-corrected chi connectivity index (χ4v) is 1.54. The second kappa shape index (κ2) is 7.93. The number of benzene rings is 1. The van der Waals surface area contributed by atoms with Crippen LogP contribution in [0.25, 0.3) is 0 Å². The van der Waals surface area contributed by atoms with Crippen molar-refractivity contribution in [3.63, 3.8) is 0 Å². The van der Waals surface area contributed by atoms with Crippen molar-refractivity contribution >= 4 is 23.3 Å². The lowest BCUT2D eigenvalue weighted by Gasteiger charge is -2.11. The van der Waals surface area contributed by atoms with Gasteiger partial charge in [-0.2, -0.15) is 0 Å². The topological polar surface area (TPSA) is 70.6 Å². The molecule has 0 saturated heterocycles. The first-order chi connectivity index (χ1) is 9.02. The zero-order valence-corrected chi connectivity index (χ0v) is 11.2. The number of hydrogen-bond acceptors (Lipinski definition) is 3. The molecule has 1 aromatic carbocycles. The highest BCUT2D eigenvalue weighted by Gasteiger charge is 2.08. The van der Waals surface area contributed by atoms with Crippen LogP contribution < -0.4 is 10.6 Å². The summed E-state index contributed by atoms with van der Waals surface area (Å²) in [6.07, 6.45) is -0.290. The molecule has 1 atom stereocenters. The van der Waals surface area contributed by atoms with Gasteiger partial charge in [-0.05, 0) is 24.6 Å². The monoisotopic (exact) mass is 290 g/mol. The maximum absolute atomic E-state index is 13.4. The molecule has 0 aliphatic rings. The van der Waals surface area contributed by atoms with Gasteiger partial charge in [0.2, 0.25) is 0 Å². The summed E-state index contributed by atoms with van der Waals surface area (Å²) in [7, 11) is 1.48. The van der Waals surface area contributed by atoms with Crippen molar-refractivity contribution in [2.75, 3.05) is 25.6 Å². The van der Waals surface area contributed by atoms with E-state index in [1.165, 1.54) is 19.2 Å². The Balaban J connectivity index is 2.35. The van der Waals surface area contributed by atoms with Gasteiger partial charge in [-0.1, -0.05) is 11.6 Å². The van der Waals surface area contributed by atoms with Crippen LogP contribution in [0.2, 0.25) is 5.02 Å². The number of ether oxygens (including phenoxy) is 1. The number of rotatable bonds is 6. The van der Waals surface area contributed by atoms with E-state index in [-0.39, 0.29) is 23.9 Å². The van der Waals surface area contributed by atoms with Gasteiger partial charge in [0, 0.05) is 18.7 Å². The summed E-state index contributed by atoms with van der Waals surface area (Å²) in [5.74, 6) is -0.609. The molecule has 0 radical (unpaired) electrons. The maximum atomic E-state index is 13.4. The van der Waals surface area contributed by atoms with Crippen LogP contribution >= 0.6 is 11.6 Å². The number of aliphatic hydroxyl groups excluding tert-OH is 1. The van der Waals surface area contributed by atoms with E-state index < -0.39 is 18.0 Å². The van der Waals surface area contributed by atoms with Crippen LogP contribution in [-0.2, 0) is 4.74 Å². The summed E-state index contributed by atoms with van der Waals surface area (Å²) in [6.45, 7) is 0.459. The average Bonchev–Trinajstić information content (AvgIpc) is 2.33. The molecule has 2 amide bonds. The highest BCUT2D eigenvalue weighted by Crippen LogP contribution is 2.18. The van der Waals surface area contributed by atoms with Gasteiger partial charge in [0.15, 0.2) is 0 Å². The van der Waals surface area contributed by atoms with Gasteiger partial charge in [-0.3, -0.25) is 0 Å². The summed E-state index contributed by atoms with van der Waals surface area (Å²) < 4.78 is 18.1. The Morgan fingerprint density at radius 2 is 2.32 bits per heavy atom. The highest BCUT2D eigenvalue weighted by molar-refractivity contribution is 6.30. The lowest BCUT2D eigenvalue weighted by atomic mass is 10.2. The molecule has 106 valence electrons. The maximum Gasteiger partial charge on any atom is 0.319 e. The van der Waals surface area contributed by atoms with Crippen LogP contribution in [0.4, 0.5) is 14.9 Å². The number of nitrogens with one attached hydrogen (secondary N) is 2. The predicted octanol–water partition coefficient (Wildman–Crippen LogP) is 2.00. The van der Waals surface area contributed by atoms with Crippen molar-refractivity contribution in [3.8, 4) is 0 Å². The fraction of sp³-hybridized carbons (Fsp3) is 0.417. The Morgan fingerprint density at radius 3 is 2.95 bits per heavy atom. The first-order valence-electron chi connectivity index (χ1n) is 5.70. The SMILES string of the molecule is COCC(O)CCNC(=O)Nc1ccc(Cl)cc1F. The lowest BCUT2D eigenvalue weighted by Crippen LogP contribution is -2.32. The molecule has 0 aromatic heterocycles. The summed E-state index contributed by atoms with van der Waals surface area (Å²) in [4.78, 5) is 11.5. The third-order valence-corrected chi connectivity index (χ3v) is 2.54. The van der Waals surface area contributed by atoms with E-state index in [2.05, 4.69) is 10.6 Å².